The summed E-state index contributed by atoms with van der Waals surface area (Å²) in [7, 11) is 0. The molecule has 0 saturated heterocycles. The fourth-order valence-corrected chi connectivity index (χ4v) is 3.15. The summed E-state index contributed by atoms with van der Waals surface area (Å²) in [6, 6.07) is 13.4. The molecule has 0 amide bonds. The Bertz CT molecular complexity index is 993. The Labute approximate surface area is 175 Å². The number of hydrogen-bond donors (Lipinski definition) is 3. The van der Waals surface area contributed by atoms with Crippen molar-refractivity contribution in [2.75, 3.05) is 18.4 Å². The minimum Gasteiger partial charge on any atom is -0.503 e. The average molecular weight is 410 g/mol. The summed E-state index contributed by atoms with van der Waals surface area (Å²) in [5.74, 6) is 0.662. The third-order valence-electron chi connectivity index (χ3n) is 4.46. The molecule has 2 aromatic carbocycles. The summed E-state index contributed by atoms with van der Waals surface area (Å²) in [6.07, 6.45) is 0.787. The van der Waals surface area contributed by atoms with Gasteiger partial charge in [-0.15, -0.1) is 0 Å². The van der Waals surface area contributed by atoms with E-state index in [2.05, 4.69) is 32.3 Å². The van der Waals surface area contributed by atoms with Crippen LogP contribution >= 0.6 is 11.6 Å². The quantitative estimate of drug-likeness (QED) is 0.392. The minimum absolute atomic E-state index is 0.0919. The lowest BCUT2D eigenvalue weighted by Crippen LogP contribution is -2.37. The number of hydrogen-bond acceptors (Lipinski definition) is 5. The highest BCUT2D eigenvalue weighted by molar-refractivity contribution is 6.31. The standard InChI is InChI=1S/C22H24ClN5O/c1-4-25-21(20(29)19(24-3)16-7-5-14(2)6-8-16)28-22-26-12-11-15-9-10-17(23)13-18(15)27-22/h5-10,13,29H,3-4,11-12H2,1-2H3,(H2,25,26,27,28)/b20-19+. The fourth-order valence-electron chi connectivity index (χ4n) is 2.98. The molecule has 0 aromatic heterocycles. The van der Waals surface area contributed by atoms with Crippen LogP contribution < -0.4 is 10.6 Å². The van der Waals surface area contributed by atoms with Crippen molar-refractivity contribution >= 4 is 41.5 Å². The molecule has 7 heteroatoms. The van der Waals surface area contributed by atoms with Gasteiger partial charge in [-0.25, -0.2) is 0 Å². The molecule has 0 saturated carbocycles. The van der Waals surface area contributed by atoms with Gasteiger partial charge in [0.15, 0.2) is 11.6 Å². The van der Waals surface area contributed by atoms with Crippen molar-refractivity contribution in [2.24, 2.45) is 15.0 Å². The third-order valence-corrected chi connectivity index (χ3v) is 4.70. The summed E-state index contributed by atoms with van der Waals surface area (Å²) < 4.78 is 0. The van der Waals surface area contributed by atoms with Crippen molar-refractivity contribution in [1.82, 2.24) is 5.32 Å². The van der Waals surface area contributed by atoms with Crippen molar-refractivity contribution < 1.29 is 5.11 Å². The van der Waals surface area contributed by atoms with Crippen molar-refractivity contribution in [3.8, 4) is 0 Å². The molecule has 2 aromatic rings. The number of amidine groups is 1. The Morgan fingerprint density at radius 2 is 2.03 bits per heavy atom. The van der Waals surface area contributed by atoms with E-state index >= 15 is 0 Å². The molecule has 3 rings (SSSR count). The van der Waals surface area contributed by atoms with Crippen LogP contribution in [0.2, 0.25) is 5.02 Å². The lowest BCUT2D eigenvalue weighted by Gasteiger charge is -2.15. The van der Waals surface area contributed by atoms with Crippen molar-refractivity contribution in [2.45, 2.75) is 20.3 Å². The van der Waals surface area contributed by atoms with Crippen molar-refractivity contribution in [3.05, 3.63) is 69.9 Å². The predicted molar refractivity (Wildman–Crippen MR) is 122 cm³/mol. The Kier molecular flexibility index (Phi) is 6.67. The summed E-state index contributed by atoms with van der Waals surface area (Å²) in [5, 5.41) is 17.9. The molecule has 150 valence electrons. The molecular weight excluding hydrogens is 386 g/mol. The molecule has 0 bridgehead atoms. The lowest BCUT2D eigenvalue weighted by atomic mass is 10.1. The van der Waals surface area contributed by atoms with Crippen LogP contribution in [-0.2, 0) is 6.42 Å². The SMILES string of the molecule is C=N/C(=C(/O)C(=NCC)NC1=NCCc2ccc(Cl)cc2N1)c1ccc(C)cc1. The summed E-state index contributed by atoms with van der Waals surface area (Å²) in [6.45, 7) is 8.57. The van der Waals surface area contributed by atoms with Gasteiger partial charge in [0.25, 0.3) is 0 Å². The van der Waals surface area contributed by atoms with E-state index in [0.29, 0.717) is 29.8 Å². The number of anilines is 1. The molecular formula is C22H24ClN5O. The smallest absolute Gasteiger partial charge is 0.201 e. The van der Waals surface area contributed by atoms with Crippen LogP contribution in [0.4, 0.5) is 5.69 Å². The zero-order chi connectivity index (χ0) is 20.8. The van der Waals surface area contributed by atoms with E-state index in [4.69, 9.17) is 11.6 Å². The number of rotatable bonds is 4. The van der Waals surface area contributed by atoms with Gasteiger partial charge in [0.05, 0.1) is 0 Å². The number of benzene rings is 2. The van der Waals surface area contributed by atoms with Crippen LogP contribution in [0.5, 0.6) is 0 Å². The maximum absolute atomic E-state index is 10.9. The fraction of sp³-hybridized carbons (Fsp3) is 0.227. The Morgan fingerprint density at radius 1 is 1.28 bits per heavy atom. The lowest BCUT2D eigenvalue weighted by molar-refractivity contribution is 0.442. The van der Waals surface area contributed by atoms with Crippen LogP contribution in [0.15, 0.2) is 63.2 Å². The molecule has 0 aliphatic carbocycles. The van der Waals surface area contributed by atoms with Gasteiger partial charge < -0.3 is 15.7 Å². The van der Waals surface area contributed by atoms with E-state index in [1.54, 1.807) is 0 Å². The number of halogens is 1. The first-order valence-corrected chi connectivity index (χ1v) is 9.78. The van der Waals surface area contributed by atoms with E-state index in [9.17, 15) is 5.11 Å². The molecule has 0 unspecified atom stereocenters. The monoisotopic (exact) mass is 409 g/mol. The number of nitrogens with one attached hydrogen (secondary N) is 2. The largest absolute Gasteiger partial charge is 0.503 e. The molecule has 0 fully saturated rings. The van der Waals surface area contributed by atoms with Gasteiger partial charge in [-0.1, -0.05) is 47.5 Å². The summed E-state index contributed by atoms with van der Waals surface area (Å²) in [5.41, 5.74) is 4.22. The highest BCUT2D eigenvalue weighted by Gasteiger charge is 2.17. The normalized spacial score (nSPS) is 14.7. The van der Waals surface area contributed by atoms with Gasteiger partial charge >= 0.3 is 0 Å². The summed E-state index contributed by atoms with van der Waals surface area (Å²) in [4.78, 5) is 13.0. The molecule has 3 N–H and O–H groups in total. The second-order valence-corrected chi connectivity index (χ2v) is 7.01. The topological polar surface area (TPSA) is 81.4 Å². The number of nitrogens with zero attached hydrogens (tertiary/aromatic N) is 3. The molecule has 1 aliphatic rings. The first kappa shape index (κ1) is 20.6. The van der Waals surface area contributed by atoms with Crippen LogP contribution in [0.3, 0.4) is 0 Å². The maximum Gasteiger partial charge on any atom is 0.201 e. The van der Waals surface area contributed by atoms with E-state index in [1.165, 1.54) is 0 Å². The Hall–Kier alpha value is -3.12. The predicted octanol–water partition coefficient (Wildman–Crippen LogP) is 4.61. The van der Waals surface area contributed by atoms with E-state index in [1.807, 2.05) is 56.3 Å². The number of guanidine groups is 1. The van der Waals surface area contributed by atoms with Gasteiger partial charge in [0.1, 0.15) is 5.70 Å². The maximum atomic E-state index is 10.9. The average Bonchev–Trinajstić information content (AvgIpc) is 2.90. The first-order chi connectivity index (χ1) is 14.0. The van der Waals surface area contributed by atoms with Crippen LogP contribution in [0, 0.1) is 6.92 Å². The van der Waals surface area contributed by atoms with Gasteiger partial charge in [0, 0.05) is 29.4 Å². The van der Waals surface area contributed by atoms with E-state index in [0.717, 1.165) is 28.8 Å². The molecule has 6 nitrogen and oxygen atoms in total. The molecule has 1 aliphatic heterocycles. The highest BCUT2D eigenvalue weighted by Crippen LogP contribution is 2.24. The van der Waals surface area contributed by atoms with Crippen LogP contribution in [0.1, 0.15) is 23.6 Å². The number of aliphatic hydroxyl groups excluding tert-OH is 1. The van der Waals surface area contributed by atoms with Crippen LogP contribution in [0.25, 0.3) is 5.70 Å². The molecule has 0 atom stereocenters. The number of fused-ring (bicyclic) bond motifs is 1. The molecule has 29 heavy (non-hydrogen) atoms. The van der Waals surface area contributed by atoms with Gasteiger partial charge in [-0.2, -0.15) is 0 Å². The highest BCUT2D eigenvalue weighted by atomic mass is 35.5. The van der Waals surface area contributed by atoms with Gasteiger partial charge in [0.2, 0.25) is 5.96 Å². The zero-order valence-corrected chi connectivity index (χ0v) is 17.3. The van der Waals surface area contributed by atoms with Gasteiger partial charge in [-0.05, 0) is 44.7 Å². The van der Waals surface area contributed by atoms with E-state index < -0.39 is 0 Å². The molecule has 0 spiro atoms. The Morgan fingerprint density at radius 3 is 2.72 bits per heavy atom. The second-order valence-electron chi connectivity index (χ2n) is 6.58. The van der Waals surface area contributed by atoms with Crippen molar-refractivity contribution in [3.63, 3.8) is 0 Å². The second kappa shape index (κ2) is 9.39. The van der Waals surface area contributed by atoms with Crippen molar-refractivity contribution in [1.29, 1.82) is 0 Å². The zero-order valence-electron chi connectivity index (χ0n) is 16.5. The Balaban J connectivity index is 1.91. The van der Waals surface area contributed by atoms with Gasteiger partial charge in [-0.3, -0.25) is 15.0 Å². The third kappa shape index (κ3) is 5.03. The van der Waals surface area contributed by atoms with Crippen LogP contribution in [-0.4, -0.2) is 36.7 Å². The number of aryl methyl sites for hydroxylation is 1. The first-order valence-electron chi connectivity index (χ1n) is 9.40. The molecule has 0 radical (unpaired) electrons. The summed E-state index contributed by atoms with van der Waals surface area (Å²) >= 11 is 6.13. The molecule has 1 heterocycles. The number of aliphatic hydroxyl groups is 1. The number of aliphatic imine (C=N–C) groups is 3. The van der Waals surface area contributed by atoms with E-state index in [-0.39, 0.29) is 11.6 Å². The minimum atomic E-state index is -0.0919.